The smallest absolute Gasteiger partial charge is 0.322 e. The van der Waals surface area contributed by atoms with Crippen LogP contribution in [0, 0.1) is 5.92 Å². The van der Waals surface area contributed by atoms with Crippen LogP contribution in [0.25, 0.3) is 0 Å². The van der Waals surface area contributed by atoms with Gasteiger partial charge in [0, 0.05) is 13.2 Å². The number of esters is 1. The Morgan fingerprint density at radius 3 is 2.61 bits per heavy atom. The Bertz CT molecular complexity index is 507. The predicted octanol–water partition coefficient (Wildman–Crippen LogP) is 3.65. The first-order valence-corrected chi connectivity index (χ1v) is 8.37. The van der Waals surface area contributed by atoms with Crippen molar-refractivity contribution >= 4 is 35.6 Å². The number of aromatic nitrogens is 1. The van der Waals surface area contributed by atoms with Gasteiger partial charge < -0.3 is 10.1 Å². The molecule has 23 heavy (non-hydrogen) atoms. The quantitative estimate of drug-likeness (QED) is 0.644. The third-order valence-electron chi connectivity index (χ3n) is 4.34. The SMILES string of the molecule is CNC(=S)C(C(=O)OC(C)C1CCCCC1)c1ccccn1.Cl. The molecule has 1 saturated carbocycles. The standard InChI is InChI=1S/C17H24N2O2S.ClH/c1-12(13-8-4-3-5-9-13)21-17(20)15(16(22)18-2)14-10-6-7-11-19-14;/h6-7,10-13,15H,3-5,8-9H2,1-2H3,(H,18,22);1H. The van der Waals surface area contributed by atoms with Crippen molar-refractivity contribution in [3.05, 3.63) is 30.1 Å². The van der Waals surface area contributed by atoms with Gasteiger partial charge in [-0.25, -0.2) is 0 Å². The maximum Gasteiger partial charge on any atom is 0.322 e. The third kappa shape index (κ3) is 5.43. The van der Waals surface area contributed by atoms with Gasteiger partial charge in [0.05, 0.1) is 10.7 Å². The summed E-state index contributed by atoms with van der Waals surface area (Å²) in [5.41, 5.74) is 0.627. The second-order valence-electron chi connectivity index (χ2n) is 5.84. The Balaban J connectivity index is 0.00000264. The van der Waals surface area contributed by atoms with Crippen LogP contribution in [0.5, 0.6) is 0 Å². The predicted molar refractivity (Wildman–Crippen MR) is 98.0 cm³/mol. The average molecular weight is 357 g/mol. The normalized spacial score (nSPS) is 17.5. The van der Waals surface area contributed by atoms with E-state index in [9.17, 15) is 4.79 Å². The first-order valence-electron chi connectivity index (χ1n) is 7.96. The number of rotatable bonds is 5. The van der Waals surface area contributed by atoms with Crippen molar-refractivity contribution in [2.45, 2.75) is 51.0 Å². The first kappa shape index (κ1) is 19.8. The maximum absolute atomic E-state index is 12.6. The first-order chi connectivity index (χ1) is 10.6. The Morgan fingerprint density at radius 1 is 1.35 bits per heavy atom. The second-order valence-corrected chi connectivity index (χ2v) is 6.28. The van der Waals surface area contributed by atoms with Gasteiger partial charge in [-0.1, -0.05) is 37.5 Å². The van der Waals surface area contributed by atoms with Crippen molar-refractivity contribution in [1.82, 2.24) is 10.3 Å². The molecule has 4 nitrogen and oxygen atoms in total. The van der Waals surface area contributed by atoms with Gasteiger partial charge in [-0.2, -0.15) is 0 Å². The summed E-state index contributed by atoms with van der Waals surface area (Å²) >= 11 is 5.29. The van der Waals surface area contributed by atoms with Crippen molar-refractivity contribution in [2.24, 2.45) is 5.92 Å². The number of likely N-dealkylation sites (N-methyl/N-ethyl adjacent to an activating group) is 1. The van der Waals surface area contributed by atoms with Crippen molar-refractivity contribution in [1.29, 1.82) is 0 Å². The van der Waals surface area contributed by atoms with Gasteiger partial charge in [-0.3, -0.25) is 9.78 Å². The van der Waals surface area contributed by atoms with Gasteiger partial charge in [0.2, 0.25) is 0 Å². The molecule has 2 unspecified atom stereocenters. The van der Waals surface area contributed by atoms with E-state index in [-0.39, 0.29) is 24.5 Å². The van der Waals surface area contributed by atoms with E-state index in [4.69, 9.17) is 17.0 Å². The molecule has 0 bridgehead atoms. The van der Waals surface area contributed by atoms with E-state index in [1.165, 1.54) is 19.3 Å². The van der Waals surface area contributed by atoms with Crippen LogP contribution in [0.3, 0.4) is 0 Å². The lowest BCUT2D eigenvalue weighted by molar-refractivity contribution is -0.151. The van der Waals surface area contributed by atoms with Crippen molar-refractivity contribution in [3.8, 4) is 0 Å². The Hall–Kier alpha value is -1.20. The highest BCUT2D eigenvalue weighted by Crippen LogP contribution is 2.29. The number of carbonyl (C=O) groups is 1. The maximum atomic E-state index is 12.6. The van der Waals surface area contributed by atoms with Crippen LogP contribution in [0.4, 0.5) is 0 Å². The number of hydrogen-bond acceptors (Lipinski definition) is 4. The van der Waals surface area contributed by atoms with Gasteiger partial charge in [-0.15, -0.1) is 12.4 Å². The molecule has 1 heterocycles. The number of carbonyl (C=O) groups excluding carboxylic acids is 1. The lowest BCUT2D eigenvalue weighted by Crippen LogP contribution is -2.35. The molecule has 0 amide bonds. The Morgan fingerprint density at radius 2 is 2.04 bits per heavy atom. The Labute approximate surface area is 149 Å². The molecule has 1 aliphatic carbocycles. The minimum Gasteiger partial charge on any atom is -0.462 e. The van der Waals surface area contributed by atoms with E-state index in [1.54, 1.807) is 19.3 Å². The zero-order valence-corrected chi connectivity index (χ0v) is 15.3. The molecule has 1 fully saturated rings. The van der Waals surface area contributed by atoms with Crippen LogP contribution in [0.15, 0.2) is 24.4 Å². The monoisotopic (exact) mass is 356 g/mol. The number of nitrogens with one attached hydrogen (secondary N) is 1. The van der Waals surface area contributed by atoms with Crippen LogP contribution >= 0.6 is 24.6 Å². The molecule has 0 aromatic carbocycles. The van der Waals surface area contributed by atoms with E-state index < -0.39 is 5.92 Å². The van der Waals surface area contributed by atoms with Crippen molar-refractivity contribution in [3.63, 3.8) is 0 Å². The fourth-order valence-corrected chi connectivity index (χ4v) is 3.22. The summed E-state index contributed by atoms with van der Waals surface area (Å²) in [5.74, 6) is -0.478. The molecule has 1 aromatic rings. The van der Waals surface area contributed by atoms with Gasteiger partial charge in [0.25, 0.3) is 0 Å². The molecule has 0 aliphatic heterocycles. The molecular formula is C17H25ClN2O2S. The minimum absolute atomic E-state index is 0. The van der Waals surface area contributed by atoms with Crippen LogP contribution in [-0.4, -0.2) is 29.1 Å². The van der Waals surface area contributed by atoms with E-state index >= 15 is 0 Å². The van der Waals surface area contributed by atoms with Gasteiger partial charge in [0.1, 0.15) is 12.0 Å². The van der Waals surface area contributed by atoms with Gasteiger partial charge >= 0.3 is 5.97 Å². The topological polar surface area (TPSA) is 51.2 Å². The second kappa shape index (κ2) is 9.83. The molecule has 2 atom stereocenters. The van der Waals surface area contributed by atoms with E-state index in [1.807, 2.05) is 19.1 Å². The van der Waals surface area contributed by atoms with Crippen LogP contribution in [0.2, 0.25) is 0 Å². The molecule has 1 aliphatic rings. The lowest BCUT2D eigenvalue weighted by Gasteiger charge is -2.28. The Kier molecular flexibility index (Phi) is 8.48. The largest absolute Gasteiger partial charge is 0.462 e. The molecule has 1 aromatic heterocycles. The molecule has 0 saturated heterocycles. The van der Waals surface area contributed by atoms with Gasteiger partial charge in [0.15, 0.2) is 0 Å². The van der Waals surface area contributed by atoms with E-state index in [0.29, 0.717) is 16.6 Å². The molecular weight excluding hydrogens is 332 g/mol. The zero-order valence-electron chi connectivity index (χ0n) is 13.7. The molecule has 0 radical (unpaired) electrons. The number of thiocarbonyl (C=S) groups is 1. The summed E-state index contributed by atoms with van der Waals surface area (Å²) in [6.45, 7) is 1.99. The summed E-state index contributed by atoms with van der Waals surface area (Å²) in [6, 6.07) is 5.48. The summed E-state index contributed by atoms with van der Waals surface area (Å²) < 4.78 is 5.72. The van der Waals surface area contributed by atoms with Crippen LogP contribution in [0.1, 0.15) is 50.6 Å². The summed E-state index contributed by atoms with van der Waals surface area (Å²) in [4.78, 5) is 17.3. The third-order valence-corrected chi connectivity index (χ3v) is 4.78. The highest BCUT2D eigenvalue weighted by molar-refractivity contribution is 7.80. The molecule has 2 rings (SSSR count). The molecule has 128 valence electrons. The fraction of sp³-hybridized carbons (Fsp3) is 0.588. The summed E-state index contributed by atoms with van der Waals surface area (Å²) in [7, 11) is 1.72. The van der Waals surface area contributed by atoms with E-state index in [0.717, 1.165) is 12.8 Å². The van der Waals surface area contributed by atoms with Crippen molar-refractivity contribution < 1.29 is 9.53 Å². The molecule has 1 N–H and O–H groups in total. The van der Waals surface area contributed by atoms with Crippen LogP contribution in [-0.2, 0) is 9.53 Å². The number of nitrogens with zero attached hydrogens (tertiary/aromatic N) is 1. The molecule has 0 spiro atoms. The molecule has 6 heteroatoms. The zero-order chi connectivity index (χ0) is 15.9. The number of halogens is 1. The van der Waals surface area contributed by atoms with Crippen molar-refractivity contribution in [2.75, 3.05) is 7.05 Å². The highest BCUT2D eigenvalue weighted by Gasteiger charge is 2.31. The fourth-order valence-electron chi connectivity index (χ4n) is 3.00. The summed E-state index contributed by atoms with van der Waals surface area (Å²) in [5, 5.41) is 2.89. The van der Waals surface area contributed by atoms with Crippen LogP contribution < -0.4 is 5.32 Å². The lowest BCUT2D eigenvalue weighted by atomic mass is 9.86. The highest BCUT2D eigenvalue weighted by atomic mass is 35.5. The number of pyridine rings is 1. The van der Waals surface area contributed by atoms with Gasteiger partial charge in [-0.05, 0) is 37.8 Å². The number of ether oxygens (including phenoxy) is 1. The average Bonchev–Trinajstić information content (AvgIpc) is 2.56. The van der Waals surface area contributed by atoms with E-state index in [2.05, 4.69) is 10.3 Å². The summed E-state index contributed by atoms with van der Waals surface area (Å²) in [6.07, 6.45) is 7.61. The minimum atomic E-state index is -0.632. The number of hydrogen-bond donors (Lipinski definition) is 1.